The van der Waals surface area contributed by atoms with E-state index in [1.807, 2.05) is 6.92 Å². The molecule has 0 spiro atoms. The molecule has 0 aliphatic heterocycles. The van der Waals surface area contributed by atoms with Crippen molar-refractivity contribution in [2.24, 2.45) is 0 Å². The zero-order chi connectivity index (χ0) is 12.4. The third kappa shape index (κ3) is 1.83. The number of fused-ring (bicyclic) bond motifs is 1. The molecule has 1 aromatic carbocycles. The number of hydrogen-bond acceptors (Lipinski definition) is 3. The Hall–Kier alpha value is -1.74. The number of benzene rings is 1. The second-order valence-electron chi connectivity index (χ2n) is 4.07. The third-order valence-electron chi connectivity index (χ3n) is 2.99. The Labute approximate surface area is 99.8 Å². The summed E-state index contributed by atoms with van der Waals surface area (Å²) >= 11 is 0. The fourth-order valence-corrected chi connectivity index (χ4v) is 2.16. The van der Waals surface area contributed by atoms with Gasteiger partial charge in [-0.15, -0.1) is 0 Å². The van der Waals surface area contributed by atoms with Gasteiger partial charge < -0.3 is 5.11 Å². The number of allylic oxidation sites excluding steroid dienone is 1. The van der Waals surface area contributed by atoms with Crippen LogP contribution >= 0.6 is 0 Å². The van der Waals surface area contributed by atoms with E-state index in [-0.39, 0.29) is 23.7 Å². The summed E-state index contributed by atoms with van der Waals surface area (Å²) in [7, 11) is 0. The van der Waals surface area contributed by atoms with Gasteiger partial charge in [0.25, 0.3) is 0 Å². The monoisotopic (exact) mass is 230 g/mol. The molecule has 0 unspecified atom stereocenters. The van der Waals surface area contributed by atoms with Crippen LogP contribution in [0.15, 0.2) is 35.4 Å². The highest BCUT2D eigenvalue weighted by Crippen LogP contribution is 2.28. The molecule has 0 fully saturated rings. The van der Waals surface area contributed by atoms with E-state index in [9.17, 15) is 14.7 Å². The highest BCUT2D eigenvalue weighted by atomic mass is 16.3. The average molecular weight is 230 g/mol. The molecule has 3 heteroatoms. The predicted octanol–water partition coefficient (Wildman–Crippen LogP) is 2.15. The fourth-order valence-electron chi connectivity index (χ4n) is 2.16. The Balaban J connectivity index is 2.60. The van der Waals surface area contributed by atoms with Crippen LogP contribution in [-0.4, -0.2) is 23.3 Å². The SMILES string of the molecule is CCCC1=C(CO)C(=O)c2ccccc2C1=O. The van der Waals surface area contributed by atoms with Crippen molar-refractivity contribution in [1.29, 1.82) is 0 Å². The molecule has 0 amide bonds. The van der Waals surface area contributed by atoms with Gasteiger partial charge in [0, 0.05) is 22.3 Å². The molecule has 88 valence electrons. The summed E-state index contributed by atoms with van der Waals surface area (Å²) < 4.78 is 0. The molecule has 0 saturated heterocycles. The maximum absolute atomic E-state index is 12.2. The standard InChI is InChI=1S/C14H14O3/c1-2-5-9-12(8-15)14(17)11-7-4-3-6-10(11)13(9)16/h3-4,6-7,15H,2,5,8H2,1H3. The van der Waals surface area contributed by atoms with Gasteiger partial charge in [-0.1, -0.05) is 37.6 Å². The first-order valence-corrected chi connectivity index (χ1v) is 5.72. The highest BCUT2D eigenvalue weighted by Gasteiger charge is 2.30. The van der Waals surface area contributed by atoms with E-state index in [0.29, 0.717) is 23.1 Å². The molecule has 0 radical (unpaired) electrons. The number of aliphatic hydroxyl groups excluding tert-OH is 1. The average Bonchev–Trinajstić information content (AvgIpc) is 2.36. The summed E-state index contributed by atoms with van der Waals surface area (Å²) in [4.78, 5) is 24.3. The van der Waals surface area contributed by atoms with Gasteiger partial charge in [-0.05, 0) is 6.42 Å². The van der Waals surface area contributed by atoms with E-state index in [4.69, 9.17) is 0 Å². The first kappa shape index (κ1) is 11.7. The minimum absolute atomic E-state index is 0.119. The Morgan fingerprint density at radius 3 is 2.00 bits per heavy atom. The van der Waals surface area contributed by atoms with E-state index in [2.05, 4.69) is 0 Å². The molecule has 1 aliphatic rings. The molecule has 1 aromatic rings. The molecule has 1 aliphatic carbocycles. The molecule has 0 aromatic heterocycles. The van der Waals surface area contributed by atoms with E-state index in [1.165, 1.54) is 0 Å². The highest BCUT2D eigenvalue weighted by molar-refractivity contribution is 6.26. The van der Waals surface area contributed by atoms with Gasteiger partial charge in [0.2, 0.25) is 0 Å². The van der Waals surface area contributed by atoms with E-state index in [1.54, 1.807) is 24.3 Å². The van der Waals surface area contributed by atoms with Crippen molar-refractivity contribution < 1.29 is 14.7 Å². The summed E-state index contributed by atoms with van der Waals surface area (Å²) in [6.45, 7) is 1.58. The Morgan fingerprint density at radius 1 is 1.00 bits per heavy atom. The van der Waals surface area contributed by atoms with Crippen molar-refractivity contribution in [1.82, 2.24) is 0 Å². The van der Waals surface area contributed by atoms with Crippen LogP contribution in [-0.2, 0) is 0 Å². The smallest absolute Gasteiger partial charge is 0.192 e. The summed E-state index contributed by atoms with van der Waals surface area (Å²) in [5.74, 6) is -0.336. The van der Waals surface area contributed by atoms with Gasteiger partial charge >= 0.3 is 0 Å². The van der Waals surface area contributed by atoms with Crippen molar-refractivity contribution in [2.45, 2.75) is 19.8 Å². The zero-order valence-corrected chi connectivity index (χ0v) is 9.69. The summed E-state index contributed by atoms with van der Waals surface area (Å²) in [6.07, 6.45) is 1.31. The van der Waals surface area contributed by atoms with Gasteiger partial charge in [0.15, 0.2) is 11.6 Å². The fraction of sp³-hybridized carbons (Fsp3) is 0.286. The number of carbonyl (C=O) groups is 2. The molecule has 2 rings (SSSR count). The maximum atomic E-state index is 12.2. The predicted molar refractivity (Wildman–Crippen MR) is 64.1 cm³/mol. The number of carbonyl (C=O) groups excluding carboxylic acids is 2. The first-order valence-electron chi connectivity index (χ1n) is 5.72. The lowest BCUT2D eigenvalue weighted by atomic mass is 9.82. The van der Waals surface area contributed by atoms with Crippen molar-refractivity contribution in [3.8, 4) is 0 Å². The summed E-state index contributed by atoms with van der Waals surface area (Å²) in [5.41, 5.74) is 1.59. The zero-order valence-electron chi connectivity index (χ0n) is 9.69. The van der Waals surface area contributed by atoms with Gasteiger partial charge in [-0.2, -0.15) is 0 Å². The topological polar surface area (TPSA) is 54.4 Å². The number of Topliss-reactive ketones (excluding diaryl/α,β-unsaturated/α-hetero) is 2. The Kier molecular flexibility index (Phi) is 3.20. The van der Waals surface area contributed by atoms with E-state index < -0.39 is 0 Å². The van der Waals surface area contributed by atoms with Crippen molar-refractivity contribution in [2.75, 3.05) is 6.61 Å². The van der Waals surface area contributed by atoms with Crippen molar-refractivity contribution in [3.05, 3.63) is 46.5 Å². The third-order valence-corrected chi connectivity index (χ3v) is 2.99. The molecule has 17 heavy (non-hydrogen) atoms. The largest absolute Gasteiger partial charge is 0.392 e. The second-order valence-corrected chi connectivity index (χ2v) is 4.07. The van der Waals surface area contributed by atoms with Crippen LogP contribution < -0.4 is 0 Å². The molecule has 0 heterocycles. The summed E-state index contributed by atoms with van der Waals surface area (Å²) in [6, 6.07) is 6.77. The van der Waals surface area contributed by atoms with Crippen LogP contribution in [0.25, 0.3) is 0 Å². The molecule has 1 N–H and O–H groups in total. The van der Waals surface area contributed by atoms with Gasteiger partial charge in [-0.3, -0.25) is 9.59 Å². The van der Waals surface area contributed by atoms with Crippen LogP contribution in [0.3, 0.4) is 0 Å². The maximum Gasteiger partial charge on any atom is 0.192 e. The van der Waals surface area contributed by atoms with Gasteiger partial charge in [-0.25, -0.2) is 0 Å². The molecule has 3 nitrogen and oxygen atoms in total. The van der Waals surface area contributed by atoms with Crippen LogP contribution in [0.1, 0.15) is 40.5 Å². The Bertz CT molecular complexity index is 512. The normalized spacial score (nSPS) is 15.2. The summed E-state index contributed by atoms with van der Waals surface area (Å²) in [5, 5.41) is 9.27. The molecular weight excluding hydrogens is 216 g/mol. The molecule has 0 bridgehead atoms. The van der Waals surface area contributed by atoms with Crippen LogP contribution in [0.5, 0.6) is 0 Å². The van der Waals surface area contributed by atoms with Crippen LogP contribution in [0.2, 0.25) is 0 Å². The minimum atomic E-state index is -0.367. The minimum Gasteiger partial charge on any atom is -0.392 e. The number of ketones is 2. The second kappa shape index (κ2) is 4.63. The molecule has 0 atom stereocenters. The molecule has 0 saturated carbocycles. The lowest BCUT2D eigenvalue weighted by Crippen LogP contribution is -2.23. The van der Waals surface area contributed by atoms with Gasteiger partial charge in [0.1, 0.15) is 0 Å². The number of aliphatic hydroxyl groups is 1. The quantitative estimate of drug-likeness (QED) is 0.865. The van der Waals surface area contributed by atoms with Gasteiger partial charge in [0.05, 0.1) is 6.61 Å². The van der Waals surface area contributed by atoms with Crippen LogP contribution in [0, 0.1) is 0 Å². The molecular formula is C14H14O3. The first-order chi connectivity index (χ1) is 8.20. The number of rotatable bonds is 3. The number of hydrogen-bond donors (Lipinski definition) is 1. The van der Waals surface area contributed by atoms with Crippen molar-refractivity contribution >= 4 is 11.6 Å². The van der Waals surface area contributed by atoms with Crippen LogP contribution in [0.4, 0.5) is 0 Å². The lowest BCUT2D eigenvalue weighted by molar-refractivity contribution is 0.0960. The van der Waals surface area contributed by atoms with E-state index >= 15 is 0 Å². The van der Waals surface area contributed by atoms with Crippen molar-refractivity contribution in [3.63, 3.8) is 0 Å². The Morgan fingerprint density at radius 2 is 1.53 bits per heavy atom. The lowest BCUT2D eigenvalue weighted by Gasteiger charge is -2.19. The van der Waals surface area contributed by atoms with E-state index in [0.717, 1.165) is 6.42 Å².